The molecule has 3 fully saturated rings. The summed E-state index contributed by atoms with van der Waals surface area (Å²) in [6.07, 6.45) is 0.170. The van der Waals surface area contributed by atoms with Gasteiger partial charge in [0, 0.05) is 24.5 Å². The van der Waals surface area contributed by atoms with Crippen LogP contribution >= 0.6 is 27.5 Å². The van der Waals surface area contributed by atoms with Gasteiger partial charge in [0.2, 0.25) is 17.7 Å². The molecule has 196 valence electrons. The van der Waals surface area contributed by atoms with Crippen LogP contribution in [-0.4, -0.2) is 63.5 Å². The summed E-state index contributed by atoms with van der Waals surface area (Å²) < 4.78 is 6.47. The Bertz CT molecular complexity index is 1190. The molecule has 5 rings (SSSR count). The minimum absolute atomic E-state index is 0.134. The molecule has 0 aromatic heterocycles. The number of anilines is 1. The van der Waals surface area contributed by atoms with Crippen molar-refractivity contribution in [2.75, 3.05) is 18.5 Å². The molecule has 2 bridgehead atoms. The van der Waals surface area contributed by atoms with Gasteiger partial charge in [-0.3, -0.25) is 14.4 Å². The Hall–Kier alpha value is -2.46. The molecule has 37 heavy (non-hydrogen) atoms. The predicted molar refractivity (Wildman–Crippen MR) is 142 cm³/mol. The van der Waals surface area contributed by atoms with E-state index in [0.29, 0.717) is 30.1 Å². The van der Waals surface area contributed by atoms with E-state index in [9.17, 15) is 19.5 Å². The van der Waals surface area contributed by atoms with Crippen LogP contribution in [0.15, 0.2) is 48.5 Å². The van der Waals surface area contributed by atoms with Crippen molar-refractivity contribution in [1.29, 1.82) is 0 Å². The summed E-state index contributed by atoms with van der Waals surface area (Å²) in [6, 6.07) is 13.9. The van der Waals surface area contributed by atoms with Gasteiger partial charge in [0.05, 0.1) is 28.6 Å². The fourth-order valence-corrected chi connectivity index (χ4v) is 7.31. The Labute approximate surface area is 228 Å². The minimum Gasteiger partial charge on any atom is -0.396 e. The zero-order valence-electron chi connectivity index (χ0n) is 20.3. The lowest BCUT2D eigenvalue weighted by Crippen LogP contribution is -2.54. The molecular formula is C27H29BrClN3O5. The first-order valence-electron chi connectivity index (χ1n) is 12.4. The maximum atomic E-state index is 13.8. The maximum absolute atomic E-state index is 13.8. The second-order valence-electron chi connectivity index (χ2n) is 9.90. The van der Waals surface area contributed by atoms with Gasteiger partial charge in [0.1, 0.15) is 11.6 Å². The number of nitrogens with zero attached hydrogens (tertiary/aromatic N) is 1. The number of benzene rings is 2. The number of carbonyl (C=O) groups excluding carboxylic acids is 3. The second kappa shape index (κ2) is 10.4. The molecule has 3 N–H and O–H groups in total. The summed E-state index contributed by atoms with van der Waals surface area (Å²) in [6.45, 7) is 2.20. The molecule has 3 aliphatic rings. The lowest BCUT2D eigenvalue weighted by atomic mass is 9.70. The van der Waals surface area contributed by atoms with Crippen LogP contribution in [-0.2, 0) is 25.7 Å². The van der Waals surface area contributed by atoms with Crippen LogP contribution in [0.3, 0.4) is 0 Å². The lowest BCUT2D eigenvalue weighted by molar-refractivity contribution is -0.141. The van der Waals surface area contributed by atoms with Crippen molar-refractivity contribution in [3.05, 3.63) is 64.7 Å². The highest BCUT2D eigenvalue weighted by Crippen LogP contribution is 2.60. The molecule has 3 amide bonds. The van der Waals surface area contributed by atoms with E-state index >= 15 is 0 Å². The average molecular weight is 591 g/mol. The molecule has 3 heterocycles. The minimum atomic E-state index is -1.17. The van der Waals surface area contributed by atoms with Crippen LogP contribution in [0.5, 0.6) is 0 Å². The summed E-state index contributed by atoms with van der Waals surface area (Å²) in [5.74, 6) is -2.54. The van der Waals surface area contributed by atoms with Gasteiger partial charge in [0.25, 0.3) is 0 Å². The molecule has 3 saturated heterocycles. The lowest BCUT2D eigenvalue weighted by Gasteiger charge is -2.34. The average Bonchev–Trinajstić information content (AvgIpc) is 3.47. The maximum Gasteiger partial charge on any atom is 0.250 e. The van der Waals surface area contributed by atoms with Gasteiger partial charge in [0.15, 0.2) is 0 Å². The first kappa shape index (κ1) is 26.2. The molecule has 0 saturated carbocycles. The van der Waals surface area contributed by atoms with Gasteiger partial charge >= 0.3 is 0 Å². The molecule has 2 aromatic rings. The Balaban J connectivity index is 1.46. The zero-order valence-corrected chi connectivity index (χ0v) is 22.7. The number of ether oxygens (including phenoxy) is 1. The Morgan fingerprint density at radius 2 is 1.95 bits per heavy atom. The summed E-state index contributed by atoms with van der Waals surface area (Å²) in [7, 11) is 0. The normalized spacial score (nSPS) is 29.9. The fraction of sp³-hybridized carbons (Fsp3) is 0.444. The largest absolute Gasteiger partial charge is 0.396 e. The van der Waals surface area contributed by atoms with Crippen molar-refractivity contribution >= 4 is 50.9 Å². The number of amides is 3. The van der Waals surface area contributed by atoms with Gasteiger partial charge in [-0.25, -0.2) is 0 Å². The third-order valence-corrected chi connectivity index (χ3v) is 8.84. The van der Waals surface area contributed by atoms with Crippen LogP contribution in [0.25, 0.3) is 0 Å². The number of fused-ring (bicyclic) bond motifs is 1. The molecule has 0 radical (unpaired) electrons. The number of aryl methyl sites for hydroxylation is 1. The molecule has 8 nitrogen and oxygen atoms in total. The first-order chi connectivity index (χ1) is 17.8. The Morgan fingerprint density at radius 1 is 1.19 bits per heavy atom. The number of carbonyl (C=O) groups is 3. The number of likely N-dealkylation sites (tertiary alicyclic amines) is 1. The smallest absolute Gasteiger partial charge is 0.250 e. The molecule has 2 aromatic carbocycles. The SMILES string of the molecule is Cc1cccc(Cl)c1NC(=O)C1N(CCCO)C(=O)[C@@H]2[C@@H](C(=O)NCc3ccccc3)[C@@H]3OC12CC3Br. The van der Waals surface area contributed by atoms with E-state index in [1.165, 1.54) is 4.90 Å². The highest BCUT2D eigenvalue weighted by Gasteiger charge is 2.76. The van der Waals surface area contributed by atoms with E-state index in [0.717, 1.165) is 11.1 Å². The highest BCUT2D eigenvalue weighted by atomic mass is 79.9. The van der Waals surface area contributed by atoms with E-state index in [1.54, 1.807) is 12.1 Å². The Kier molecular flexibility index (Phi) is 7.33. The van der Waals surface area contributed by atoms with Crippen LogP contribution in [0.1, 0.15) is 24.0 Å². The van der Waals surface area contributed by atoms with E-state index < -0.39 is 35.5 Å². The van der Waals surface area contributed by atoms with Crippen LogP contribution < -0.4 is 10.6 Å². The van der Waals surface area contributed by atoms with Crippen molar-refractivity contribution in [1.82, 2.24) is 10.2 Å². The predicted octanol–water partition coefficient (Wildman–Crippen LogP) is 3.03. The molecule has 6 atom stereocenters. The number of nitrogens with one attached hydrogen (secondary N) is 2. The fourth-order valence-electron chi connectivity index (χ4n) is 6.10. The third kappa shape index (κ3) is 4.46. The van der Waals surface area contributed by atoms with Crippen molar-refractivity contribution in [3.8, 4) is 0 Å². The van der Waals surface area contributed by atoms with E-state index in [1.807, 2.05) is 43.3 Å². The number of para-hydroxylation sites is 1. The van der Waals surface area contributed by atoms with Crippen molar-refractivity contribution in [2.45, 2.75) is 48.9 Å². The standard InChI is InChI=1S/C27H29BrClN3O5/c1-15-7-5-10-18(29)21(15)31-25(35)23-27-13-17(28)22(37-27)19(20(27)26(36)32(23)11-6-12-33)24(34)30-14-16-8-3-2-4-9-16/h2-5,7-10,17,19-20,22-23,33H,6,11-14H2,1H3,(H,30,34)(H,31,35)/t17?,19-,20+,22-,23?,27?/m1/s1. The number of alkyl halides is 1. The molecule has 3 unspecified atom stereocenters. The second-order valence-corrected chi connectivity index (χ2v) is 11.5. The molecule has 10 heteroatoms. The Morgan fingerprint density at radius 3 is 2.65 bits per heavy atom. The van der Waals surface area contributed by atoms with Gasteiger partial charge < -0.3 is 25.4 Å². The molecular weight excluding hydrogens is 562 g/mol. The number of hydrogen-bond donors (Lipinski definition) is 3. The van der Waals surface area contributed by atoms with E-state index in [4.69, 9.17) is 16.3 Å². The summed E-state index contributed by atoms with van der Waals surface area (Å²) in [5.41, 5.74) is 1.04. The quantitative estimate of drug-likeness (QED) is 0.410. The van der Waals surface area contributed by atoms with Crippen LogP contribution in [0, 0.1) is 18.8 Å². The number of hydrogen-bond acceptors (Lipinski definition) is 5. The number of aliphatic hydroxyl groups is 1. The van der Waals surface area contributed by atoms with Crippen molar-refractivity contribution in [2.24, 2.45) is 11.8 Å². The zero-order chi connectivity index (χ0) is 26.3. The number of aliphatic hydroxyl groups excluding tert-OH is 1. The number of rotatable bonds is 8. The summed E-state index contributed by atoms with van der Waals surface area (Å²) in [4.78, 5) is 42.4. The van der Waals surface area contributed by atoms with E-state index in [-0.39, 0.29) is 29.8 Å². The highest BCUT2D eigenvalue weighted by molar-refractivity contribution is 9.09. The third-order valence-electron chi connectivity index (χ3n) is 7.68. The first-order valence-corrected chi connectivity index (χ1v) is 13.7. The van der Waals surface area contributed by atoms with Crippen LogP contribution in [0.4, 0.5) is 5.69 Å². The van der Waals surface area contributed by atoms with E-state index in [2.05, 4.69) is 26.6 Å². The monoisotopic (exact) mass is 589 g/mol. The number of halogens is 2. The summed E-state index contributed by atoms with van der Waals surface area (Å²) >= 11 is 10.0. The topological polar surface area (TPSA) is 108 Å². The van der Waals surface area contributed by atoms with Crippen molar-refractivity contribution in [3.63, 3.8) is 0 Å². The van der Waals surface area contributed by atoms with Gasteiger partial charge in [-0.2, -0.15) is 0 Å². The molecule has 1 spiro atoms. The summed E-state index contributed by atoms with van der Waals surface area (Å²) in [5, 5.41) is 15.8. The molecule has 0 aliphatic carbocycles. The van der Waals surface area contributed by atoms with Gasteiger partial charge in [-0.1, -0.05) is 70.0 Å². The van der Waals surface area contributed by atoms with Gasteiger partial charge in [-0.15, -0.1) is 0 Å². The van der Waals surface area contributed by atoms with Crippen molar-refractivity contribution < 1.29 is 24.2 Å². The van der Waals surface area contributed by atoms with Gasteiger partial charge in [-0.05, 0) is 37.0 Å². The molecule has 3 aliphatic heterocycles. The van der Waals surface area contributed by atoms with Crippen LogP contribution in [0.2, 0.25) is 5.02 Å².